The Bertz CT molecular complexity index is 1050. The molecule has 1 aliphatic rings. The molecule has 0 spiro atoms. The molecule has 0 aliphatic carbocycles. The van der Waals surface area contributed by atoms with Crippen molar-refractivity contribution >= 4 is 16.8 Å². The Morgan fingerprint density at radius 2 is 2.04 bits per heavy atom. The van der Waals surface area contributed by atoms with Gasteiger partial charge in [-0.05, 0) is 42.7 Å². The van der Waals surface area contributed by atoms with Gasteiger partial charge in [0.05, 0.1) is 11.3 Å². The number of hydrogen-bond acceptors (Lipinski definition) is 3. The third-order valence-electron chi connectivity index (χ3n) is 4.99. The minimum Gasteiger partial charge on any atom is -0.364 e. The fourth-order valence-corrected chi connectivity index (χ4v) is 3.50. The molecule has 1 radical (unpaired) electrons. The Kier molecular flexibility index (Phi) is 4.53. The number of nitrogens with two attached hydrogens (primary N) is 1. The van der Waals surface area contributed by atoms with Crippen LogP contribution in [0.3, 0.4) is 0 Å². The Hall–Kier alpha value is -2.93. The Morgan fingerprint density at radius 1 is 1.26 bits per heavy atom. The summed E-state index contributed by atoms with van der Waals surface area (Å²) in [5.74, 6) is -0.725. The van der Waals surface area contributed by atoms with Crippen LogP contribution in [0.25, 0.3) is 22.2 Å². The van der Waals surface area contributed by atoms with E-state index in [-0.39, 0.29) is 5.69 Å². The highest BCUT2D eigenvalue weighted by Gasteiger charge is 2.18. The number of hydrogen-bond donors (Lipinski definition) is 3. The van der Waals surface area contributed by atoms with Gasteiger partial charge >= 0.3 is 0 Å². The number of fused-ring (bicyclic) bond motifs is 1. The first kappa shape index (κ1) is 17.5. The van der Waals surface area contributed by atoms with Crippen LogP contribution in [0.5, 0.6) is 0 Å². The van der Waals surface area contributed by atoms with Crippen LogP contribution in [-0.2, 0) is 6.54 Å². The standard InChI is InChI=1S/C20H20FN4O2/c21-14-5-7-25(8-6-14)11-12-1-3-16-13(9-12)10-18(23-16)15-2-4-17(19(22)26)24-20(15)27/h1-3,9-10,14,23H,5-8,11H2,(H2,22,26)(H,24,27). The Balaban J connectivity index is 1.59. The predicted molar refractivity (Wildman–Crippen MR) is 101 cm³/mol. The van der Waals surface area contributed by atoms with Gasteiger partial charge in [-0.1, -0.05) is 6.07 Å². The van der Waals surface area contributed by atoms with Crippen LogP contribution in [0.15, 0.2) is 35.1 Å². The summed E-state index contributed by atoms with van der Waals surface area (Å²) >= 11 is 0. The molecule has 1 fully saturated rings. The SMILES string of the molecule is NC(=O)c1[c]cc(-c2cc3cc(CN4CCC(F)CC4)ccc3[nH]2)c(=O)[nH]1. The van der Waals surface area contributed by atoms with E-state index in [4.69, 9.17) is 5.73 Å². The minimum atomic E-state index is -0.725. The molecule has 1 amide bonds. The van der Waals surface area contributed by atoms with Crippen molar-refractivity contribution in [3.8, 4) is 11.3 Å². The van der Waals surface area contributed by atoms with E-state index < -0.39 is 17.6 Å². The van der Waals surface area contributed by atoms with Gasteiger partial charge in [0.15, 0.2) is 0 Å². The quantitative estimate of drug-likeness (QED) is 0.661. The third kappa shape index (κ3) is 3.64. The van der Waals surface area contributed by atoms with Gasteiger partial charge in [-0.25, -0.2) is 4.39 Å². The number of primary amides is 1. The van der Waals surface area contributed by atoms with Crippen molar-refractivity contribution in [1.82, 2.24) is 14.9 Å². The van der Waals surface area contributed by atoms with Gasteiger partial charge in [-0.15, -0.1) is 0 Å². The van der Waals surface area contributed by atoms with E-state index in [9.17, 15) is 14.0 Å². The number of aromatic amines is 2. The molecule has 0 unspecified atom stereocenters. The molecule has 27 heavy (non-hydrogen) atoms. The second-order valence-corrected chi connectivity index (χ2v) is 6.95. The third-order valence-corrected chi connectivity index (χ3v) is 4.99. The fourth-order valence-electron chi connectivity index (χ4n) is 3.50. The maximum atomic E-state index is 13.3. The molecule has 3 aromatic rings. The van der Waals surface area contributed by atoms with E-state index in [0.29, 0.717) is 24.1 Å². The zero-order valence-corrected chi connectivity index (χ0v) is 14.7. The molecular weight excluding hydrogens is 347 g/mol. The summed E-state index contributed by atoms with van der Waals surface area (Å²) in [6, 6.07) is 12.2. The maximum Gasteiger partial charge on any atom is 0.265 e. The van der Waals surface area contributed by atoms with Gasteiger partial charge in [0.2, 0.25) is 0 Å². The number of benzene rings is 1. The van der Waals surface area contributed by atoms with Crippen LogP contribution in [0.1, 0.15) is 28.9 Å². The molecule has 0 atom stereocenters. The largest absolute Gasteiger partial charge is 0.364 e. The van der Waals surface area contributed by atoms with Crippen molar-refractivity contribution < 1.29 is 9.18 Å². The molecule has 3 heterocycles. The molecule has 1 saturated heterocycles. The summed E-state index contributed by atoms with van der Waals surface area (Å²) in [5, 5.41) is 0.987. The van der Waals surface area contributed by atoms with Crippen molar-refractivity contribution in [2.75, 3.05) is 13.1 Å². The van der Waals surface area contributed by atoms with Gasteiger partial charge in [0.25, 0.3) is 11.5 Å². The lowest BCUT2D eigenvalue weighted by atomic mass is 10.1. The highest BCUT2D eigenvalue weighted by molar-refractivity contribution is 5.91. The number of carbonyl (C=O) groups excluding carboxylic acids is 1. The summed E-state index contributed by atoms with van der Waals surface area (Å²) in [6.45, 7) is 2.33. The van der Waals surface area contributed by atoms with Crippen molar-refractivity contribution in [3.63, 3.8) is 0 Å². The summed E-state index contributed by atoms with van der Waals surface area (Å²) < 4.78 is 13.3. The van der Waals surface area contributed by atoms with Gasteiger partial charge in [0, 0.05) is 36.6 Å². The number of nitrogens with zero attached hydrogens (tertiary/aromatic N) is 1. The lowest BCUT2D eigenvalue weighted by Crippen LogP contribution is -2.33. The summed E-state index contributed by atoms with van der Waals surface area (Å²) in [4.78, 5) is 31.3. The summed E-state index contributed by atoms with van der Waals surface area (Å²) in [7, 11) is 0. The molecule has 1 aromatic carbocycles. The number of halogens is 1. The normalized spacial score (nSPS) is 16.0. The molecule has 4 rings (SSSR count). The number of H-pyrrole nitrogens is 2. The van der Waals surface area contributed by atoms with Crippen LogP contribution in [0, 0.1) is 6.07 Å². The smallest absolute Gasteiger partial charge is 0.265 e. The van der Waals surface area contributed by atoms with Crippen LogP contribution in [-0.4, -0.2) is 40.0 Å². The monoisotopic (exact) mass is 367 g/mol. The lowest BCUT2D eigenvalue weighted by Gasteiger charge is -2.28. The van der Waals surface area contributed by atoms with Crippen molar-refractivity contribution in [3.05, 3.63) is 58.0 Å². The molecule has 2 aromatic heterocycles. The molecule has 1 aliphatic heterocycles. The molecule has 139 valence electrons. The fraction of sp³-hybridized carbons (Fsp3) is 0.300. The van der Waals surface area contributed by atoms with Crippen molar-refractivity contribution in [1.29, 1.82) is 0 Å². The van der Waals surface area contributed by atoms with Crippen molar-refractivity contribution in [2.24, 2.45) is 5.73 Å². The van der Waals surface area contributed by atoms with Crippen LogP contribution in [0.4, 0.5) is 4.39 Å². The van der Waals surface area contributed by atoms with Gasteiger partial charge in [-0.2, -0.15) is 0 Å². The second-order valence-electron chi connectivity index (χ2n) is 6.95. The van der Waals surface area contributed by atoms with Gasteiger partial charge < -0.3 is 15.7 Å². The number of carbonyl (C=O) groups is 1. The van der Waals surface area contributed by atoms with E-state index >= 15 is 0 Å². The van der Waals surface area contributed by atoms with E-state index in [1.165, 1.54) is 6.07 Å². The highest BCUT2D eigenvalue weighted by Crippen LogP contribution is 2.24. The molecule has 6 nitrogen and oxygen atoms in total. The van der Waals surface area contributed by atoms with Crippen LogP contribution in [0.2, 0.25) is 0 Å². The first-order valence-corrected chi connectivity index (χ1v) is 8.93. The van der Waals surface area contributed by atoms with E-state index in [0.717, 1.165) is 36.1 Å². The van der Waals surface area contributed by atoms with Crippen LogP contribution < -0.4 is 11.3 Å². The topological polar surface area (TPSA) is 95.0 Å². The average Bonchev–Trinajstić information content (AvgIpc) is 3.06. The summed E-state index contributed by atoms with van der Waals surface area (Å²) in [6.07, 6.45) is 0.514. The number of alkyl halides is 1. The van der Waals surface area contributed by atoms with Gasteiger partial charge in [0.1, 0.15) is 11.9 Å². The number of rotatable bonds is 4. The summed E-state index contributed by atoms with van der Waals surface area (Å²) in [5.41, 5.74) is 7.82. The number of aromatic nitrogens is 2. The van der Waals surface area contributed by atoms with Crippen molar-refractivity contribution in [2.45, 2.75) is 25.6 Å². The first-order chi connectivity index (χ1) is 13.0. The molecule has 0 saturated carbocycles. The number of likely N-dealkylation sites (tertiary alicyclic amines) is 1. The first-order valence-electron chi connectivity index (χ1n) is 8.93. The van der Waals surface area contributed by atoms with Gasteiger partial charge in [-0.3, -0.25) is 14.5 Å². The molecule has 0 bridgehead atoms. The number of pyridine rings is 1. The second kappa shape index (κ2) is 7.00. The van der Waals surface area contributed by atoms with E-state index in [1.807, 2.05) is 18.2 Å². The molecule has 4 N–H and O–H groups in total. The average molecular weight is 367 g/mol. The lowest BCUT2D eigenvalue weighted by molar-refractivity contribution is 0.0995. The molecular formula is C20H20FN4O2. The molecule has 7 heteroatoms. The zero-order chi connectivity index (χ0) is 19.0. The van der Waals surface area contributed by atoms with Crippen LogP contribution >= 0.6 is 0 Å². The highest BCUT2D eigenvalue weighted by atomic mass is 19.1. The number of nitrogens with one attached hydrogen (secondary N) is 2. The number of piperidine rings is 1. The van der Waals surface area contributed by atoms with E-state index in [1.54, 1.807) is 0 Å². The zero-order valence-electron chi connectivity index (χ0n) is 14.7. The predicted octanol–water partition coefficient (Wildman–Crippen LogP) is 2.36. The Labute approximate surface area is 155 Å². The maximum absolute atomic E-state index is 13.3. The Morgan fingerprint density at radius 3 is 2.74 bits per heavy atom. The van der Waals surface area contributed by atoms with E-state index in [2.05, 4.69) is 27.0 Å². The number of amides is 1. The minimum absolute atomic E-state index is 0.0424.